The first-order valence-electron chi connectivity index (χ1n) is 13.7. The fourth-order valence-electron chi connectivity index (χ4n) is 5.39. The van der Waals surface area contributed by atoms with Crippen LogP contribution in [0, 0.1) is 5.92 Å². The third kappa shape index (κ3) is 5.54. The van der Waals surface area contributed by atoms with Gasteiger partial charge in [-0.25, -0.2) is 4.99 Å². The Morgan fingerprint density at radius 2 is 1.82 bits per heavy atom. The molecule has 0 N–H and O–H groups in total. The van der Waals surface area contributed by atoms with Gasteiger partial charge in [-0.3, -0.25) is 9.69 Å². The van der Waals surface area contributed by atoms with Crippen LogP contribution in [0.1, 0.15) is 43.7 Å². The number of nitrogens with zero attached hydrogens (tertiary/aromatic N) is 2. The van der Waals surface area contributed by atoms with Gasteiger partial charge >= 0.3 is 0 Å². The standard InChI is InChI=1S/C32H32N2O5S/c1-21-8-6-7-11-25(21)34-31(35)30(40-32(34)33-24-9-4-3-5-10-24)18-22-12-14-26(28(16-22)36-2)37-19-23-13-15-27-29(17-23)39-20-38-27/h3-5,9-10,12-18,21,25H,6-8,11,19-20H2,1-2H3/b30-18-,33-32?/t21-,25-/m1/s1. The molecule has 40 heavy (non-hydrogen) atoms. The number of benzene rings is 3. The number of para-hydroxylation sites is 1. The molecular formula is C32H32N2O5S. The molecule has 8 heteroatoms. The first-order chi connectivity index (χ1) is 19.6. The molecule has 0 radical (unpaired) electrons. The summed E-state index contributed by atoms with van der Waals surface area (Å²) in [7, 11) is 1.62. The molecule has 1 aliphatic carbocycles. The van der Waals surface area contributed by atoms with Crippen LogP contribution in [0.2, 0.25) is 0 Å². The zero-order valence-corrected chi connectivity index (χ0v) is 23.5. The van der Waals surface area contributed by atoms with E-state index in [-0.39, 0.29) is 18.7 Å². The molecule has 206 valence electrons. The lowest BCUT2D eigenvalue weighted by Gasteiger charge is -2.35. The first kappa shape index (κ1) is 26.3. The van der Waals surface area contributed by atoms with Crippen LogP contribution in [-0.2, 0) is 11.4 Å². The topological polar surface area (TPSA) is 69.6 Å². The summed E-state index contributed by atoms with van der Waals surface area (Å²) >= 11 is 1.44. The SMILES string of the molecule is COc1cc(/C=C2\SC(=Nc3ccccc3)N([C@@H]3CCCC[C@H]3C)C2=O)ccc1OCc1ccc2c(c1)OCO2. The Morgan fingerprint density at radius 3 is 2.65 bits per heavy atom. The summed E-state index contributed by atoms with van der Waals surface area (Å²) in [6.07, 6.45) is 6.39. The van der Waals surface area contributed by atoms with Gasteiger partial charge in [-0.2, -0.15) is 0 Å². The zero-order valence-electron chi connectivity index (χ0n) is 22.7. The normalized spacial score (nSPS) is 22.2. The number of ether oxygens (including phenoxy) is 4. The van der Waals surface area contributed by atoms with Crippen LogP contribution in [0.5, 0.6) is 23.0 Å². The summed E-state index contributed by atoms with van der Waals surface area (Å²) in [6.45, 7) is 2.84. The van der Waals surface area contributed by atoms with Crippen molar-refractivity contribution < 1.29 is 23.7 Å². The molecule has 1 saturated carbocycles. The van der Waals surface area contributed by atoms with Crippen molar-refractivity contribution in [3.63, 3.8) is 0 Å². The predicted molar refractivity (Wildman–Crippen MR) is 157 cm³/mol. The number of carbonyl (C=O) groups excluding carboxylic acids is 1. The number of fused-ring (bicyclic) bond motifs is 1. The molecule has 0 spiro atoms. The first-order valence-corrected chi connectivity index (χ1v) is 14.5. The van der Waals surface area contributed by atoms with Crippen LogP contribution in [-0.4, -0.2) is 35.9 Å². The second kappa shape index (κ2) is 11.7. The summed E-state index contributed by atoms with van der Waals surface area (Å²) in [5.74, 6) is 3.13. The molecule has 7 nitrogen and oxygen atoms in total. The monoisotopic (exact) mass is 556 g/mol. The fourth-order valence-corrected chi connectivity index (χ4v) is 6.43. The molecule has 1 saturated heterocycles. The number of carbonyl (C=O) groups is 1. The van der Waals surface area contributed by atoms with E-state index < -0.39 is 0 Å². The van der Waals surface area contributed by atoms with Crippen molar-refractivity contribution in [2.24, 2.45) is 10.9 Å². The number of rotatable bonds is 7. The number of hydrogen-bond acceptors (Lipinski definition) is 7. The maximum absolute atomic E-state index is 13.8. The molecule has 6 rings (SSSR count). The van der Waals surface area contributed by atoms with E-state index in [1.54, 1.807) is 7.11 Å². The molecule has 1 amide bonds. The minimum absolute atomic E-state index is 0.0144. The molecule has 0 aromatic heterocycles. The number of aliphatic imine (C=N–C) groups is 1. The molecule has 2 fully saturated rings. The summed E-state index contributed by atoms with van der Waals surface area (Å²) in [5, 5.41) is 0.747. The van der Waals surface area contributed by atoms with Gasteiger partial charge in [-0.05, 0) is 84.1 Å². The maximum atomic E-state index is 13.8. The number of methoxy groups -OCH3 is 1. The second-order valence-corrected chi connectivity index (χ2v) is 11.2. The Hall–Kier alpha value is -3.91. The van der Waals surface area contributed by atoms with Crippen LogP contribution in [0.25, 0.3) is 6.08 Å². The highest BCUT2D eigenvalue weighted by molar-refractivity contribution is 8.18. The van der Waals surface area contributed by atoms with Gasteiger partial charge in [0.25, 0.3) is 5.91 Å². The van der Waals surface area contributed by atoms with Gasteiger partial charge in [-0.1, -0.05) is 50.1 Å². The van der Waals surface area contributed by atoms with Gasteiger partial charge in [0.1, 0.15) is 6.61 Å². The number of thioether (sulfide) groups is 1. The molecular weight excluding hydrogens is 524 g/mol. The molecule has 3 aromatic carbocycles. The van der Waals surface area contributed by atoms with Crippen LogP contribution in [0.4, 0.5) is 5.69 Å². The molecule has 2 atom stereocenters. The van der Waals surface area contributed by atoms with Crippen molar-refractivity contribution in [1.82, 2.24) is 4.90 Å². The third-order valence-corrected chi connectivity index (χ3v) is 8.52. The fraction of sp³-hybridized carbons (Fsp3) is 0.312. The van der Waals surface area contributed by atoms with Crippen molar-refractivity contribution >= 4 is 34.6 Å². The van der Waals surface area contributed by atoms with Gasteiger partial charge in [0.2, 0.25) is 6.79 Å². The maximum Gasteiger partial charge on any atom is 0.267 e. The Kier molecular flexibility index (Phi) is 7.68. The minimum atomic E-state index is 0.0144. The highest BCUT2D eigenvalue weighted by Gasteiger charge is 2.41. The molecule has 0 bridgehead atoms. The van der Waals surface area contributed by atoms with Gasteiger partial charge in [0, 0.05) is 6.04 Å². The lowest BCUT2D eigenvalue weighted by atomic mass is 9.85. The highest BCUT2D eigenvalue weighted by atomic mass is 32.2. The van der Waals surface area contributed by atoms with Gasteiger partial charge < -0.3 is 18.9 Å². The minimum Gasteiger partial charge on any atom is -0.493 e. The third-order valence-electron chi connectivity index (χ3n) is 7.53. The average molecular weight is 557 g/mol. The summed E-state index contributed by atoms with van der Waals surface area (Å²) in [6, 6.07) is 21.5. The van der Waals surface area contributed by atoms with Crippen molar-refractivity contribution in [2.45, 2.75) is 45.3 Å². The zero-order chi connectivity index (χ0) is 27.5. The van der Waals surface area contributed by atoms with E-state index in [1.807, 2.05) is 77.7 Å². The Balaban J connectivity index is 1.24. The lowest BCUT2D eigenvalue weighted by Crippen LogP contribution is -2.44. The van der Waals surface area contributed by atoms with E-state index in [2.05, 4.69) is 6.92 Å². The average Bonchev–Trinajstić information content (AvgIpc) is 3.56. The Morgan fingerprint density at radius 1 is 1.00 bits per heavy atom. The largest absolute Gasteiger partial charge is 0.493 e. The van der Waals surface area contributed by atoms with Gasteiger partial charge in [0.15, 0.2) is 28.2 Å². The van der Waals surface area contributed by atoms with Crippen molar-refractivity contribution in [2.75, 3.05) is 13.9 Å². The molecule has 2 heterocycles. The van der Waals surface area contributed by atoms with Crippen LogP contribution < -0.4 is 18.9 Å². The molecule has 2 aliphatic heterocycles. The van der Waals surface area contributed by atoms with Crippen molar-refractivity contribution in [1.29, 1.82) is 0 Å². The van der Waals surface area contributed by atoms with Crippen LogP contribution in [0.3, 0.4) is 0 Å². The Bertz CT molecular complexity index is 1450. The number of hydrogen-bond donors (Lipinski definition) is 0. The molecule has 0 unspecified atom stereocenters. The Labute approximate surface area is 238 Å². The number of amides is 1. The van der Waals surface area contributed by atoms with E-state index in [4.69, 9.17) is 23.9 Å². The van der Waals surface area contributed by atoms with E-state index in [0.29, 0.717) is 28.9 Å². The van der Waals surface area contributed by atoms with Gasteiger partial charge in [-0.15, -0.1) is 0 Å². The van der Waals surface area contributed by atoms with Crippen molar-refractivity contribution in [3.8, 4) is 23.0 Å². The smallest absolute Gasteiger partial charge is 0.267 e. The van der Waals surface area contributed by atoms with E-state index in [0.717, 1.165) is 52.7 Å². The summed E-state index contributed by atoms with van der Waals surface area (Å²) < 4.78 is 22.6. The molecule has 3 aliphatic rings. The van der Waals surface area contributed by atoms with Crippen LogP contribution >= 0.6 is 11.8 Å². The number of amidine groups is 1. The quantitative estimate of drug-likeness (QED) is 0.287. The van der Waals surface area contributed by atoms with E-state index in [9.17, 15) is 4.79 Å². The predicted octanol–water partition coefficient (Wildman–Crippen LogP) is 7.19. The second-order valence-electron chi connectivity index (χ2n) is 10.2. The summed E-state index contributed by atoms with van der Waals surface area (Å²) in [5.41, 5.74) is 2.67. The van der Waals surface area contributed by atoms with Crippen LogP contribution in [0.15, 0.2) is 76.6 Å². The lowest BCUT2D eigenvalue weighted by molar-refractivity contribution is -0.124. The van der Waals surface area contributed by atoms with E-state index >= 15 is 0 Å². The highest BCUT2D eigenvalue weighted by Crippen LogP contribution is 2.41. The van der Waals surface area contributed by atoms with Gasteiger partial charge in [0.05, 0.1) is 17.7 Å². The van der Waals surface area contributed by atoms with Crippen molar-refractivity contribution in [3.05, 3.63) is 82.8 Å². The summed E-state index contributed by atoms with van der Waals surface area (Å²) in [4.78, 5) is 21.3. The van der Waals surface area contributed by atoms with E-state index in [1.165, 1.54) is 18.2 Å². The molecule has 3 aromatic rings.